The number of nitrogens with one attached hydrogen (secondary N) is 1. The van der Waals surface area contributed by atoms with Crippen LogP contribution in [0.1, 0.15) is 76.1 Å². The highest BCUT2D eigenvalue weighted by Crippen LogP contribution is 2.33. The molecular weight excluding hydrogens is 310 g/mol. The SMILES string of the molecule is O=C(CCCC1CCCCC1)N1CCC[C@H]1c1nc2ccccc2[nH]1. The Balaban J connectivity index is 1.36. The van der Waals surface area contributed by atoms with Crippen LogP contribution >= 0.6 is 0 Å². The van der Waals surface area contributed by atoms with Crippen LogP contribution in [-0.4, -0.2) is 27.3 Å². The third kappa shape index (κ3) is 3.73. The Morgan fingerprint density at radius 2 is 1.96 bits per heavy atom. The standard InChI is InChI=1S/C21H29N3O/c25-20(14-6-10-16-8-2-1-3-9-16)24-15-7-13-19(24)21-22-17-11-4-5-12-18(17)23-21/h4-5,11-12,16,19H,1-3,6-10,13-15H2,(H,22,23)/t19-/m0/s1. The first-order valence-electron chi connectivity index (χ1n) is 10.1. The van der Waals surface area contributed by atoms with E-state index in [1.54, 1.807) is 0 Å². The molecule has 2 aliphatic rings. The number of fused-ring (bicyclic) bond motifs is 1. The third-order valence-corrected chi connectivity index (χ3v) is 6.02. The minimum Gasteiger partial charge on any atom is -0.340 e. The van der Waals surface area contributed by atoms with Gasteiger partial charge in [0.1, 0.15) is 5.82 Å². The van der Waals surface area contributed by atoms with Gasteiger partial charge in [0.25, 0.3) is 0 Å². The molecule has 2 heterocycles. The van der Waals surface area contributed by atoms with Crippen LogP contribution < -0.4 is 0 Å². The van der Waals surface area contributed by atoms with Crippen molar-refractivity contribution in [1.82, 2.24) is 14.9 Å². The molecule has 0 radical (unpaired) electrons. The van der Waals surface area contributed by atoms with Gasteiger partial charge in [-0.1, -0.05) is 44.2 Å². The van der Waals surface area contributed by atoms with E-state index in [4.69, 9.17) is 4.98 Å². The molecule has 1 aliphatic heterocycles. The minimum atomic E-state index is 0.134. The fourth-order valence-corrected chi connectivity index (χ4v) is 4.64. The number of para-hydroxylation sites is 2. The number of carbonyl (C=O) groups is 1. The van der Waals surface area contributed by atoms with E-state index in [0.717, 1.165) is 48.6 Å². The summed E-state index contributed by atoms with van der Waals surface area (Å²) in [5.41, 5.74) is 2.06. The van der Waals surface area contributed by atoms with Crippen LogP contribution in [0.4, 0.5) is 0 Å². The zero-order valence-electron chi connectivity index (χ0n) is 15.0. The van der Waals surface area contributed by atoms with Crippen molar-refractivity contribution < 1.29 is 4.79 Å². The Morgan fingerprint density at radius 1 is 1.12 bits per heavy atom. The molecule has 4 heteroatoms. The van der Waals surface area contributed by atoms with Gasteiger partial charge in [0.05, 0.1) is 17.1 Å². The fraction of sp³-hybridized carbons (Fsp3) is 0.619. The van der Waals surface area contributed by atoms with E-state index in [2.05, 4.69) is 16.0 Å². The molecule has 1 N–H and O–H groups in total. The number of hydrogen-bond donors (Lipinski definition) is 1. The van der Waals surface area contributed by atoms with Crippen molar-refractivity contribution in [3.8, 4) is 0 Å². The van der Waals surface area contributed by atoms with E-state index in [1.165, 1.54) is 38.5 Å². The molecule has 0 bridgehead atoms. The van der Waals surface area contributed by atoms with Crippen LogP contribution in [0, 0.1) is 5.92 Å². The summed E-state index contributed by atoms with van der Waals surface area (Å²) in [6.07, 6.45) is 12.0. The van der Waals surface area contributed by atoms with Crippen molar-refractivity contribution in [3.05, 3.63) is 30.1 Å². The van der Waals surface area contributed by atoms with Crippen LogP contribution in [0.25, 0.3) is 11.0 Å². The van der Waals surface area contributed by atoms with E-state index in [1.807, 2.05) is 18.2 Å². The summed E-state index contributed by atoms with van der Waals surface area (Å²) in [7, 11) is 0. The first kappa shape index (κ1) is 16.6. The number of benzene rings is 1. The van der Waals surface area contributed by atoms with Gasteiger partial charge in [-0.3, -0.25) is 4.79 Å². The Labute approximate surface area is 150 Å². The molecule has 1 aromatic carbocycles. The Hall–Kier alpha value is -1.84. The summed E-state index contributed by atoms with van der Waals surface area (Å²) >= 11 is 0. The average molecular weight is 339 g/mol. The quantitative estimate of drug-likeness (QED) is 0.835. The molecule has 1 aliphatic carbocycles. The lowest BCUT2D eigenvalue weighted by Crippen LogP contribution is -2.31. The second-order valence-corrected chi connectivity index (χ2v) is 7.78. The molecule has 4 rings (SSSR count). The maximum atomic E-state index is 12.8. The predicted octanol–water partition coefficient (Wildman–Crippen LogP) is 4.98. The van der Waals surface area contributed by atoms with Gasteiger partial charge in [0, 0.05) is 13.0 Å². The van der Waals surface area contributed by atoms with Crippen LogP contribution in [0.5, 0.6) is 0 Å². The number of amides is 1. The van der Waals surface area contributed by atoms with E-state index >= 15 is 0 Å². The van der Waals surface area contributed by atoms with E-state index in [9.17, 15) is 4.79 Å². The maximum absolute atomic E-state index is 12.8. The van der Waals surface area contributed by atoms with Gasteiger partial charge < -0.3 is 9.88 Å². The summed E-state index contributed by atoms with van der Waals surface area (Å²) in [5.74, 6) is 2.14. The van der Waals surface area contributed by atoms with Gasteiger partial charge in [-0.2, -0.15) is 0 Å². The Kier molecular flexibility index (Phi) is 5.04. The van der Waals surface area contributed by atoms with Gasteiger partial charge >= 0.3 is 0 Å². The van der Waals surface area contributed by atoms with Gasteiger partial charge in [0.15, 0.2) is 0 Å². The molecule has 2 fully saturated rings. The lowest BCUT2D eigenvalue weighted by molar-refractivity contribution is -0.132. The highest BCUT2D eigenvalue weighted by Gasteiger charge is 2.31. The number of aromatic amines is 1. The molecule has 0 unspecified atom stereocenters. The molecule has 2 aromatic rings. The number of rotatable bonds is 5. The molecule has 134 valence electrons. The number of carbonyl (C=O) groups excluding carboxylic acids is 1. The normalized spacial score (nSPS) is 21.9. The molecule has 4 nitrogen and oxygen atoms in total. The van der Waals surface area contributed by atoms with E-state index < -0.39 is 0 Å². The molecule has 1 aromatic heterocycles. The van der Waals surface area contributed by atoms with Crippen molar-refractivity contribution >= 4 is 16.9 Å². The van der Waals surface area contributed by atoms with E-state index in [0.29, 0.717) is 12.3 Å². The van der Waals surface area contributed by atoms with Gasteiger partial charge in [0.2, 0.25) is 5.91 Å². The molecule has 25 heavy (non-hydrogen) atoms. The van der Waals surface area contributed by atoms with Gasteiger partial charge in [-0.05, 0) is 43.7 Å². The predicted molar refractivity (Wildman–Crippen MR) is 100 cm³/mol. The van der Waals surface area contributed by atoms with Crippen LogP contribution in [0.15, 0.2) is 24.3 Å². The fourth-order valence-electron chi connectivity index (χ4n) is 4.64. The zero-order chi connectivity index (χ0) is 17.1. The zero-order valence-corrected chi connectivity index (χ0v) is 15.0. The molecular formula is C21H29N3O. The number of hydrogen-bond acceptors (Lipinski definition) is 2. The first-order valence-corrected chi connectivity index (χ1v) is 10.1. The number of aromatic nitrogens is 2. The number of likely N-dealkylation sites (tertiary alicyclic amines) is 1. The topological polar surface area (TPSA) is 49.0 Å². The van der Waals surface area contributed by atoms with Crippen molar-refractivity contribution in [3.63, 3.8) is 0 Å². The maximum Gasteiger partial charge on any atom is 0.223 e. The number of H-pyrrole nitrogens is 1. The van der Waals surface area contributed by atoms with Crippen LogP contribution in [0.3, 0.4) is 0 Å². The molecule has 0 spiro atoms. The van der Waals surface area contributed by atoms with Crippen molar-refractivity contribution in [2.24, 2.45) is 5.92 Å². The van der Waals surface area contributed by atoms with Crippen LogP contribution in [0.2, 0.25) is 0 Å². The average Bonchev–Trinajstić information content (AvgIpc) is 3.29. The molecule has 1 saturated heterocycles. The summed E-state index contributed by atoms with van der Waals surface area (Å²) in [6, 6.07) is 8.25. The highest BCUT2D eigenvalue weighted by molar-refractivity contribution is 5.78. The number of nitrogens with zero attached hydrogens (tertiary/aromatic N) is 2. The second kappa shape index (κ2) is 7.59. The monoisotopic (exact) mass is 339 g/mol. The lowest BCUT2D eigenvalue weighted by Gasteiger charge is -2.24. The second-order valence-electron chi connectivity index (χ2n) is 7.78. The number of imidazole rings is 1. The van der Waals surface area contributed by atoms with Gasteiger partial charge in [-0.15, -0.1) is 0 Å². The Morgan fingerprint density at radius 3 is 2.80 bits per heavy atom. The summed E-state index contributed by atoms with van der Waals surface area (Å²) in [5, 5.41) is 0. The van der Waals surface area contributed by atoms with Crippen molar-refractivity contribution in [2.75, 3.05) is 6.54 Å². The highest BCUT2D eigenvalue weighted by atomic mass is 16.2. The lowest BCUT2D eigenvalue weighted by atomic mass is 9.86. The minimum absolute atomic E-state index is 0.134. The first-order chi connectivity index (χ1) is 12.3. The van der Waals surface area contributed by atoms with Gasteiger partial charge in [-0.25, -0.2) is 4.98 Å². The van der Waals surface area contributed by atoms with E-state index in [-0.39, 0.29) is 6.04 Å². The van der Waals surface area contributed by atoms with Crippen molar-refractivity contribution in [2.45, 2.75) is 70.3 Å². The van der Waals surface area contributed by atoms with Crippen LogP contribution in [-0.2, 0) is 4.79 Å². The third-order valence-electron chi connectivity index (χ3n) is 6.02. The molecule has 1 saturated carbocycles. The summed E-state index contributed by atoms with van der Waals surface area (Å²) in [6.45, 7) is 0.879. The molecule has 1 amide bonds. The van der Waals surface area contributed by atoms with Crippen molar-refractivity contribution in [1.29, 1.82) is 0 Å². The molecule has 1 atom stereocenters. The Bertz CT molecular complexity index is 684. The summed E-state index contributed by atoms with van der Waals surface area (Å²) < 4.78 is 0. The summed E-state index contributed by atoms with van der Waals surface area (Å²) in [4.78, 5) is 23.0. The largest absolute Gasteiger partial charge is 0.340 e. The smallest absolute Gasteiger partial charge is 0.223 e.